The number of hydrogen-bond donors (Lipinski definition) is 3. The standard InChI is InChI=1S/C20H23F3N4O3/c1-13(28)24-8-9-26-19(29)16-6-7-17(27-18(16)25-10-11-30-2)14-4-3-5-15(12-14)20(21,22)23/h3-7,12H,8-11H2,1-2H3,(H,24,28)(H,25,27)(H,26,29). The van der Waals surface area contributed by atoms with Gasteiger partial charge in [0.05, 0.1) is 23.4 Å². The van der Waals surface area contributed by atoms with E-state index in [1.54, 1.807) is 0 Å². The molecule has 10 heteroatoms. The largest absolute Gasteiger partial charge is 0.416 e. The van der Waals surface area contributed by atoms with E-state index in [2.05, 4.69) is 20.9 Å². The van der Waals surface area contributed by atoms with E-state index in [1.807, 2.05) is 0 Å². The summed E-state index contributed by atoms with van der Waals surface area (Å²) >= 11 is 0. The number of carbonyl (C=O) groups excluding carboxylic acids is 2. The van der Waals surface area contributed by atoms with Crippen LogP contribution >= 0.6 is 0 Å². The Hall–Kier alpha value is -3.14. The number of ether oxygens (including phenoxy) is 1. The van der Waals surface area contributed by atoms with E-state index in [-0.39, 0.29) is 41.6 Å². The van der Waals surface area contributed by atoms with Crippen molar-refractivity contribution in [3.8, 4) is 11.3 Å². The molecule has 0 fully saturated rings. The Labute approximate surface area is 172 Å². The predicted octanol–water partition coefficient (Wildman–Crippen LogP) is 2.69. The minimum Gasteiger partial charge on any atom is -0.383 e. The van der Waals surface area contributed by atoms with E-state index in [4.69, 9.17) is 4.74 Å². The van der Waals surface area contributed by atoms with Crippen LogP contribution < -0.4 is 16.0 Å². The van der Waals surface area contributed by atoms with E-state index in [9.17, 15) is 22.8 Å². The van der Waals surface area contributed by atoms with Crippen LogP contribution in [0.2, 0.25) is 0 Å². The van der Waals surface area contributed by atoms with Gasteiger partial charge < -0.3 is 20.7 Å². The molecular formula is C20H23F3N4O3. The third-order valence-corrected chi connectivity index (χ3v) is 4.01. The molecule has 0 aliphatic heterocycles. The van der Waals surface area contributed by atoms with E-state index < -0.39 is 17.6 Å². The molecule has 0 saturated carbocycles. The minimum absolute atomic E-state index is 0.210. The lowest BCUT2D eigenvalue weighted by molar-refractivity contribution is -0.137. The molecule has 2 aromatic rings. The second kappa shape index (κ2) is 10.6. The number of rotatable bonds is 9. The first-order valence-electron chi connectivity index (χ1n) is 9.16. The van der Waals surface area contributed by atoms with Gasteiger partial charge >= 0.3 is 6.18 Å². The van der Waals surface area contributed by atoms with Gasteiger partial charge in [-0.2, -0.15) is 13.2 Å². The van der Waals surface area contributed by atoms with Gasteiger partial charge in [-0.1, -0.05) is 12.1 Å². The Bertz CT molecular complexity index is 888. The second-order valence-corrected chi connectivity index (χ2v) is 6.33. The summed E-state index contributed by atoms with van der Waals surface area (Å²) in [7, 11) is 1.52. The van der Waals surface area contributed by atoms with Gasteiger partial charge in [-0.05, 0) is 24.3 Å². The summed E-state index contributed by atoms with van der Waals surface area (Å²) in [6, 6.07) is 7.79. The van der Waals surface area contributed by atoms with Gasteiger partial charge in [0.15, 0.2) is 0 Å². The molecule has 1 aromatic carbocycles. The highest BCUT2D eigenvalue weighted by molar-refractivity contribution is 5.99. The fourth-order valence-electron chi connectivity index (χ4n) is 2.57. The SMILES string of the molecule is COCCNc1nc(-c2cccc(C(F)(F)F)c2)ccc1C(=O)NCCNC(C)=O. The van der Waals surface area contributed by atoms with Gasteiger partial charge in [-0.25, -0.2) is 4.98 Å². The number of nitrogens with one attached hydrogen (secondary N) is 3. The molecule has 0 unspecified atom stereocenters. The molecule has 1 aromatic heterocycles. The summed E-state index contributed by atoms with van der Waals surface area (Å²) in [6.07, 6.45) is -4.47. The fraction of sp³-hybridized carbons (Fsp3) is 0.350. The van der Waals surface area contributed by atoms with Crippen molar-refractivity contribution < 1.29 is 27.5 Å². The Morgan fingerprint density at radius 3 is 2.47 bits per heavy atom. The van der Waals surface area contributed by atoms with Crippen LogP contribution in [0.5, 0.6) is 0 Å². The van der Waals surface area contributed by atoms with Gasteiger partial charge in [0.2, 0.25) is 5.91 Å². The maximum Gasteiger partial charge on any atom is 0.416 e. The van der Waals surface area contributed by atoms with Crippen LogP contribution in [0.1, 0.15) is 22.8 Å². The molecule has 0 atom stereocenters. The van der Waals surface area contributed by atoms with E-state index in [1.165, 1.54) is 38.3 Å². The van der Waals surface area contributed by atoms with Gasteiger partial charge in [0, 0.05) is 39.2 Å². The predicted molar refractivity (Wildman–Crippen MR) is 106 cm³/mol. The topological polar surface area (TPSA) is 92.3 Å². The van der Waals surface area contributed by atoms with Crippen molar-refractivity contribution in [1.82, 2.24) is 15.6 Å². The molecule has 2 rings (SSSR count). The van der Waals surface area contributed by atoms with E-state index >= 15 is 0 Å². The van der Waals surface area contributed by atoms with Gasteiger partial charge in [-0.3, -0.25) is 9.59 Å². The molecule has 0 saturated heterocycles. The first-order valence-corrected chi connectivity index (χ1v) is 9.16. The third-order valence-electron chi connectivity index (χ3n) is 4.01. The van der Waals surface area contributed by atoms with Crippen molar-refractivity contribution in [3.05, 3.63) is 47.5 Å². The van der Waals surface area contributed by atoms with Crippen LogP contribution in [0.3, 0.4) is 0 Å². The Morgan fingerprint density at radius 2 is 1.80 bits per heavy atom. The molecule has 3 N–H and O–H groups in total. The lowest BCUT2D eigenvalue weighted by atomic mass is 10.1. The normalized spacial score (nSPS) is 11.1. The molecule has 7 nitrogen and oxygen atoms in total. The van der Waals surface area contributed by atoms with Crippen LogP contribution in [0.15, 0.2) is 36.4 Å². The number of benzene rings is 1. The Balaban J connectivity index is 2.27. The maximum atomic E-state index is 13.0. The number of nitrogens with zero attached hydrogens (tertiary/aromatic N) is 1. The third kappa shape index (κ3) is 6.73. The highest BCUT2D eigenvalue weighted by Gasteiger charge is 2.30. The van der Waals surface area contributed by atoms with Gasteiger partial charge in [0.25, 0.3) is 5.91 Å². The molecule has 0 spiro atoms. The number of amides is 2. The lowest BCUT2D eigenvalue weighted by Crippen LogP contribution is -2.34. The zero-order chi connectivity index (χ0) is 22.1. The van der Waals surface area contributed by atoms with Crippen LogP contribution in [0.4, 0.5) is 19.0 Å². The smallest absolute Gasteiger partial charge is 0.383 e. The monoisotopic (exact) mass is 424 g/mol. The lowest BCUT2D eigenvalue weighted by Gasteiger charge is -2.14. The highest BCUT2D eigenvalue weighted by atomic mass is 19.4. The van der Waals surface area contributed by atoms with Crippen LogP contribution in [-0.4, -0.2) is 50.1 Å². The summed E-state index contributed by atoms with van der Waals surface area (Å²) in [4.78, 5) is 27.7. The highest BCUT2D eigenvalue weighted by Crippen LogP contribution is 2.32. The van der Waals surface area contributed by atoms with Crippen LogP contribution in [0.25, 0.3) is 11.3 Å². The number of alkyl halides is 3. The number of pyridine rings is 1. The summed E-state index contributed by atoms with van der Waals surface area (Å²) in [5.41, 5.74) is 0.00758. The Morgan fingerprint density at radius 1 is 1.07 bits per heavy atom. The fourth-order valence-corrected chi connectivity index (χ4v) is 2.57. The summed E-state index contributed by atoms with van der Waals surface area (Å²) < 4.78 is 44.0. The summed E-state index contributed by atoms with van der Waals surface area (Å²) in [5, 5.41) is 8.19. The van der Waals surface area contributed by atoms with Crippen molar-refractivity contribution in [1.29, 1.82) is 0 Å². The zero-order valence-electron chi connectivity index (χ0n) is 16.6. The van der Waals surface area contributed by atoms with Crippen molar-refractivity contribution in [2.24, 2.45) is 0 Å². The molecule has 1 heterocycles. The van der Waals surface area contributed by atoms with Crippen molar-refractivity contribution in [2.75, 3.05) is 38.7 Å². The summed E-state index contributed by atoms with van der Waals surface area (Å²) in [5.74, 6) is -0.416. The van der Waals surface area contributed by atoms with Crippen molar-refractivity contribution in [3.63, 3.8) is 0 Å². The maximum absolute atomic E-state index is 13.0. The molecule has 0 radical (unpaired) electrons. The van der Waals surface area contributed by atoms with E-state index in [0.29, 0.717) is 13.2 Å². The molecular weight excluding hydrogens is 401 g/mol. The van der Waals surface area contributed by atoms with Gasteiger partial charge in [0.1, 0.15) is 5.82 Å². The van der Waals surface area contributed by atoms with Crippen LogP contribution in [-0.2, 0) is 15.7 Å². The van der Waals surface area contributed by atoms with Crippen molar-refractivity contribution in [2.45, 2.75) is 13.1 Å². The molecule has 0 bridgehead atoms. The number of halogens is 3. The summed E-state index contributed by atoms with van der Waals surface area (Å²) in [6.45, 7) is 2.55. The average Bonchev–Trinajstić information content (AvgIpc) is 2.70. The minimum atomic E-state index is -4.47. The number of hydrogen-bond acceptors (Lipinski definition) is 5. The van der Waals surface area contributed by atoms with Gasteiger partial charge in [-0.15, -0.1) is 0 Å². The quantitative estimate of drug-likeness (QED) is 0.539. The molecule has 0 aliphatic rings. The molecule has 30 heavy (non-hydrogen) atoms. The first-order chi connectivity index (χ1) is 14.2. The molecule has 2 amide bonds. The zero-order valence-corrected chi connectivity index (χ0v) is 16.6. The second-order valence-electron chi connectivity index (χ2n) is 6.33. The molecule has 162 valence electrons. The number of anilines is 1. The van der Waals surface area contributed by atoms with Crippen LogP contribution in [0, 0.1) is 0 Å². The first kappa shape index (κ1) is 23.1. The number of methoxy groups -OCH3 is 1. The van der Waals surface area contributed by atoms with E-state index in [0.717, 1.165) is 12.1 Å². The van der Waals surface area contributed by atoms with Crippen molar-refractivity contribution >= 4 is 17.6 Å². The number of carbonyl (C=O) groups is 2. The average molecular weight is 424 g/mol. The number of aromatic nitrogens is 1. The Kier molecular flexibility index (Phi) is 8.16. The molecule has 0 aliphatic carbocycles.